The van der Waals surface area contributed by atoms with Crippen LogP contribution in [0.15, 0.2) is 127 Å². The van der Waals surface area contributed by atoms with Crippen LogP contribution in [0, 0.1) is 11.8 Å². The van der Waals surface area contributed by atoms with Gasteiger partial charge in [0.25, 0.3) is 0 Å². The van der Waals surface area contributed by atoms with Crippen molar-refractivity contribution in [3.63, 3.8) is 0 Å². The zero-order chi connectivity index (χ0) is 45.2. The molecule has 6 N–H and O–H groups in total. The largest absolute Gasteiger partial charge is 0.368 e. The minimum absolute atomic E-state index is 0.733. The third-order valence-electron chi connectivity index (χ3n) is 12.3. The molecule has 0 bridgehead atoms. The van der Waals surface area contributed by atoms with Gasteiger partial charge in [-0.05, 0) is 109 Å². The first-order chi connectivity index (χ1) is 32.4. The van der Waals surface area contributed by atoms with Gasteiger partial charge in [0.05, 0.1) is 31.6 Å². The fourth-order valence-corrected chi connectivity index (χ4v) is 9.73. The van der Waals surface area contributed by atoms with E-state index in [1.54, 1.807) is 0 Å². The van der Waals surface area contributed by atoms with Crippen molar-refractivity contribution >= 4 is 96.7 Å². The minimum atomic E-state index is 0.733. The molecule has 0 radical (unpaired) electrons. The molecule has 66 heavy (non-hydrogen) atoms. The first-order valence-electron chi connectivity index (χ1n) is 22.8. The molecule has 13 heteroatoms. The molecule has 3 heterocycles. The van der Waals surface area contributed by atoms with Crippen molar-refractivity contribution in [2.45, 2.75) is 44.9 Å². The second-order valence-corrected chi connectivity index (χ2v) is 19.3. The SMILES string of the molecule is CSCCCNc1n[nH]c2cc(Cl)c(-c3ccccc3)cc12.Clc1cc2[nH]nc(NCC3CC3)c2cc1-c1ccccc1.Clc1cc2[nH]nc(NCC3CCCC3)c2cc1-c1ccccc1. The summed E-state index contributed by atoms with van der Waals surface area (Å²) in [5.41, 5.74) is 9.39. The van der Waals surface area contributed by atoms with E-state index in [0.717, 1.165) is 142 Å². The summed E-state index contributed by atoms with van der Waals surface area (Å²) in [6.45, 7) is 2.93. The van der Waals surface area contributed by atoms with Gasteiger partial charge in [0.1, 0.15) is 0 Å². The third kappa shape index (κ3) is 11.1. The zero-order valence-electron chi connectivity index (χ0n) is 36.9. The summed E-state index contributed by atoms with van der Waals surface area (Å²) in [4.78, 5) is 0. The Labute approximate surface area is 405 Å². The Morgan fingerprint density at radius 2 is 0.864 bits per heavy atom. The van der Waals surface area contributed by atoms with E-state index in [1.165, 1.54) is 38.5 Å². The molecule has 9 aromatic rings. The number of nitrogens with zero attached hydrogens (tertiary/aromatic N) is 3. The van der Waals surface area contributed by atoms with Crippen molar-refractivity contribution in [1.82, 2.24) is 30.6 Å². The molecule has 11 rings (SSSR count). The summed E-state index contributed by atoms with van der Waals surface area (Å²) < 4.78 is 0. The summed E-state index contributed by atoms with van der Waals surface area (Å²) in [6, 6.07) is 42.9. The fraction of sp³-hybridized carbons (Fsp3) is 0.264. The summed E-state index contributed by atoms with van der Waals surface area (Å²) in [7, 11) is 0. The summed E-state index contributed by atoms with van der Waals surface area (Å²) in [5, 5.41) is 38.2. The highest BCUT2D eigenvalue weighted by atomic mass is 35.5. The number of nitrogens with one attached hydrogen (secondary N) is 6. The van der Waals surface area contributed by atoms with E-state index in [1.807, 2.05) is 84.6 Å². The predicted molar refractivity (Wildman–Crippen MR) is 283 cm³/mol. The Morgan fingerprint density at radius 1 is 0.500 bits per heavy atom. The molecular formula is C53H54Cl3N9S. The van der Waals surface area contributed by atoms with Crippen molar-refractivity contribution in [3.05, 3.63) is 142 Å². The number of H-pyrrole nitrogens is 3. The predicted octanol–water partition coefficient (Wildman–Crippen LogP) is 15.2. The standard InChI is InChI=1S/C19H20ClN3.C17H18ClN3S.C17H16ClN3/c20-17-11-18-16(10-15(17)14-8-2-1-3-9-14)19(23-22-18)21-12-13-6-4-5-7-13;1-22-9-5-8-19-17-14-10-13(12-6-3-2-4-7-12)15(18)11-16(14)20-21-17;18-15-9-16-14(8-13(15)12-4-2-1-3-5-12)17(21-20-16)19-10-11-6-7-11/h1-3,8-11,13H,4-7,12H2,(H2,21,22,23);2-4,6-7,10-11H,5,8-9H2,1H3,(H2,19,20,21);1-5,8-9,11H,6-7,10H2,(H2,19,20,21). The number of fused-ring (bicyclic) bond motifs is 3. The average molecular weight is 956 g/mol. The number of aromatic nitrogens is 6. The molecule has 0 unspecified atom stereocenters. The van der Waals surface area contributed by atoms with E-state index in [9.17, 15) is 0 Å². The molecule has 338 valence electrons. The van der Waals surface area contributed by atoms with Crippen LogP contribution in [0.3, 0.4) is 0 Å². The van der Waals surface area contributed by atoms with Gasteiger partial charge in [-0.3, -0.25) is 15.3 Å². The lowest BCUT2D eigenvalue weighted by Crippen LogP contribution is -2.11. The van der Waals surface area contributed by atoms with Crippen LogP contribution < -0.4 is 16.0 Å². The number of hydrogen-bond donors (Lipinski definition) is 6. The second-order valence-electron chi connectivity index (χ2n) is 17.1. The lowest BCUT2D eigenvalue weighted by molar-refractivity contribution is 0.579. The Balaban J connectivity index is 0.000000125. The molecule has 2 aliphatic rings. The van der Waals surface area contributed by atoms with Crippen LogP contribution in [0.4, 0.5) is 17.5 Å². The molecular weight excluding hydrogens is 901 g/mol. The number of halogens is 3. The second kappa shape index (κ2) is 21.8. The number of hydrogen-bond acceptors (Lipinski definition) is 7. The van der Waals surface area contributed by atoms with Crippen LogP contribution in [0.1, 0.15) is 44.9 Å². The summed E-state index contributed by atoms with van der Waals surface area (Å²) >= 11 is 21.2. The van der Waals surface area contributed by atoms with Gasteiger partial charge in [-0.2, -0.15) is 27.1 Å². The smallest absolute Gasteiger partial charge is 0.155 e. The van der Waals surface area contributed by atoms with Crippen molar-refractivity contribution in [2.24, 2.45) is 11.8 Å². The molecule has 6 aromatic carbocycles. The van der Waals surface area contributed by atoms with Crippen LogP contribution in [0.5, 0.6) is 0 Å². The third-order valence-corrected chi connectivity index (χ3v) is 13.9. The molecule has 0 amide bonds. The van der Waals surface area contributed by atoms with Gasteiger partial charge in [0.2, 0.25) is 0 Å². The van der Waals surface area contributed by atoms with Gasteiger partial charge in [0, 0.05) is 52.5 Å². The van der Waals surface area contributed by atoms with E-state index < -0.39 is 0 Å². The molecule has 0 saturated heterocycles. The van der Waals surface area contributed by atoms with Crippen LogP contribution in [-0.4, -0.2) is 62.2 Å². The first kappa shape index (κ1) is 45.5. The van der Waals surface area contributed by atoms with Crippen LogP contribution in [0.25, 0.3) is 66.1 Å². The maximum absolute atomic E-state index is 6.46. The normalized spacial score (nSPS) is 13.6. The number of aromatic amines is 3. The molecule has 0 atom stereocenters. The number of rotatable bonds is 14. The quantitative estimate of drug-likeness (QED) is 0.0600. The highest BCUT2D eigenvalue weighted by Gasteiger charge is 2.22. The zero-order valence-corrected chi connectivity index (χ0v) is 40.0. The fourth-order valence-electron chi connectivity index (χ4n) is 8.48. The van der Waals surface area contributed by atoms with E-state index in [2.05, 4.69) is 107 Å². The maximum atomic E-state index is 6.46. The first-order valence-corrected chi connectivity index (χ1v) is 25.3. The van der Waals surface area contributed by atoms with Gasteiger partial charge in [-0.1, -0.05) is 139 Å². The monoisotopic (exact) mass is 953 g/mol. The van der Waals surface area contributed by atoms with Crippen molar-refractivity contribution in [1.29, 1.82) is 0 Å². The number of anilines is 3. The Kier molecular flexibility index (Phi) is 15.0. The van der Waals surface area contributed by atoms with E-state index in [-0.39, 0.29) is 0 Å². The van der Waals surface area contributed by atoms with E-state index >= 15 is 0 Å². The van der Waals surface area contributed by atoms with Crippen molar-refractivity contribution in [3.8, 4) is 33.4 Å². The van der Waals surface area contributed by atoms with Gasteiger partial charge in [0.15, 0.2) is 17.5 Å². The Bertz CT molecular complexity index is 2980. The molecule has 2 fully saturated rings. The highest BCUT2D eigenvalue weighted by molar-refractivity contribution is 7.98. The van der Waals surface area contributed by atoms with Gasteiger partial charge in [-0.25, -0.2) is 0 Å². The Hall–Kier alpha value is -5.65. The van der Waals surface area contributed by atoms with Crippen LogP contribution >= 0.6 is 46.6 Å². The topological polar surface area (TPSA) is 122 Å². The average Bonchev–Trinajstić information content (AvgIpc) is 3.65. The van der Waals surface area contributed by atoms with E-state index in [0.29, 0.717) is 0 Å². The molecule has 0 aliphatic heterocycles. The van der Waals surface area contributed by atoms with E-state index in [4.69, 9.17) is 34.8 Å². The van der Waals surface area contributed by atoms with Gasteiger partial charge >= 0.3 is 0 Å². The maximum Gasteiger partial charge on any atom is 0.155 e. The minimum Gasteiger partial charge on any atom is -0.368 e. The van der Waals surface area contributed by atoms with Crippen molar-refractivity contribution in [2.75, 3.05) is 47.6 Å². The lowest BCUT2D eigenvalue weighted by Gasteiger charge is -2.10. The molecule has 0 spiro atoms. The van der Waals surface area contributed by atoms with Crippen LogP contribution in [-0.2, 0) is 0 Å². The number of benzene rings is 6. The van der Waals surface area contributed by atoms with Crippen molar-refractivity contribution < 1.29 is 0 Å². The highest BCUT2D eigenvalue weighted by Crippen LogP contribution is 2.37. The van der Waals surface area contributed by atoms with Crippen LogP contribution in [0.2, 0.25) is 15.1 Å². The summed E-state index contributed by atoms with van der Waals surface area (Å²) in [5.74, 6) is 5.49. The lowest BCUT2D eigenvalue weighted by atomic mass is 10.0. The molecule has 2 saturated carbocycles. The molecule has 2 aliphatic carbocycles. The number of thioether (sulfide) groups is 1. The van der Waals surface area contributed by atoms with Gasteiger partial charge < -0.3 is 16.0 Å². The molecule has 3 aromatic heterocycles. The Morgan fingerprint density at radius 3 is 1.23 bits per heavy atom. The molecule has 9 nitrogen and oxygen atoms in total. The van der Waals surface area contributed by atoms with Gasteiger partial charge in [-0.15, -0.1) is 0 Å². The summed E-state index contributed by atoms with van der Waals surface area (Å²) in [6.07, 6.45) is 11.3.